The van der Waals surface area contributed by atoms with Crippen LogP contribution in [0.5, 0.6) is 5.75 Å². The minimum Gasteiger partial charge on any atom is -0.492 e. The zero-order valence-corrected chi connectivity index (χ0v) is 13.2. The predicted octanol–water partition coefficient (Wildman–Crippen LogP) is 2.61. The second-order valence-electron chi connectivity index (χ2n) is 5.81. The highest BCUT2D eigenvalue weighted by Gasteiger charge is 2.15. The zero-order valence-electron chi connectivity index (χ0n) is 13.2. The Kier molecular flexibility index (Phi) is 6.69. The summed E-state index contributed by atoms with van der Waals surface area (Å²) in [4.78, 5) is 21.9. The Morgan fingerprint density at radius 2 is 1.82 bits per heavy atom. The van der Waals surface area contributed by atoms with Crippen LogP contribution in [-0.2, 0) is 16.0 Å². The Labute approximate surface area is 130 Å². The van der Waals surface area contributed by atoms with E-state index >= 15 is 0 Å². The number of hydrogen-bond acceptors (Lipinski definition) is 4. The van der Waals surface area contributed by atoms with Gasteiger partial charge < -0.3 is 19.9 Å². The van der Waals surface area contributed by atoms with E-state index in [-0.39, 0.29) is 6.42 Å². The van der Waals surface area contributed by atoms with E-state index in [9.17, 15) is 9.59 Å². The van der Waals surface area contributed by atoms with Gasteiger partial charge in [0.25, 0.3) is 0 Å². The fraction of sp³-hybridized carbons (Fsp3) is 0.500. The fourth-order valence-electron chi connectivity index (χ4n) is 1.64. The number of carboxylic acid groups (broad SMARTS) is 1. The maximum atomic E-state index is 11.4. The topological polar surface area (TPSA) is 84.9 Å². The van der Waals surface area contributed by atoms with Crippen LogP contribution in [-0.4, -0.2) is 35.9 Å². The van der Waals surface area contributed by atoms with Crippen LogP contribution in [0.15, 0.2) is 24.3 Å². The van der Waals surface area contributed by atoms with Gasteiger partial charge in [0.15, 0.2) is 0 Å². The van der Waals surface area contributed by atoms with Gasteiger partial charge in [-0.1, -0.05) is 12.1 Å². The Balaban J connectivity index is 2.25. The number of nitrogens with one attached hydrogen (secondary N) is 1. The minimum atomic E-state index is -0.812. The van der Waals surface area contributed by atoms with Gasteiger partial charge in [0.1, 0.15) is 18.0 Å². The zero-order chi connectivity index (χ0) is 16.6. The third kappa shape index (κ3) is 8.14. The van der Waals surface area contributed by atoms with Gasteiger partial charge >= 0.3 is 12.1 Å². The van der Waals surface area contributed by atoms with E-state index in [2.05, 4.69) is 5.32 Å². The van der Waals surface area contributed by atoms with E-state index in [0.29, 0.717) is 25.3 Å². The number of alkyl carbamates (subject to hydrolysis) is 1. The number of aliphatic carboxylic acids is 1. The Morgan fingerprint density at radius 3 is 2.36 bits per heavy atom. The van der Waals surface area contributed by atoms with Gasteiger partial charge in [0.05, 0.1) is 6.54 Å². The average Bonchev–Trinajstić information content (AvgIpc) is 2.40. The van der Waals surface area contributed by atoms with Crippen LogP contribution in [0.3, 0.4) is 0 Å². The number of ether oxygens (including phenoxy) is 2. The summed E-state index contributed by atoms with van der Waals surface area (Å²) >= 11 is 0. The van der Waals surface area contributed by atoms with Crippen LogP contribution in [0, 0.1) is 0 Å². The lowest BCUT2D eigenvalue weighted by Gasteiger charge is -2.19. The lowest BCUT2D eigenvalue weighted by Crippen LogP contribution is -2.34. The summed E-state index contributed by atoms with van der Waals surface area (Å²) in [6.45, 7) is 6.07. The van der Waals surface area contributed by atoms with Crippen molar-refractivity contribution in [2.45, 2.75) is 39.2 Å². The van der Waals surface area contributed by atoms with Crippen molar-refractivity contribution in [1.29, 1.82) is 0 Å². The summed E-state index contributed by atoms with van der Waals surface area (Å²) in [6, 6.07) is 7.23. The second kappa shape index (κ2) is 8.26. The Morgan fingerprint density at radius 1 is 1.18 bits per heavy atom. The van der Waals surface area contributed by atoms with Gasteiger partial charge in [0, 0.05) is 6.42 Å². The third-order valence-electron chi connectivity index (χ3n) is 2.59. The number of carbonyl (C=O) groups is 2. The molecule has 0 atom stereocenters. The number of rotatable bonds is 7. The highest BCUT2D eigenvalue weighted by Crippen LogP contribution is 2.13. The fourth-order valence-corrected chi connectivity index (χ4v) is 1.64. The first-order valence-electron chi connectivity index (χ1n) is 7.16. The molecule has 0 radical (unpaired) electrons. The molecule has 0 aliphatic heterocycles. The molecule has 6 heteroatoms. The van der Waals surface area contributed by atoms with Crippen LogP contribution in [0.1, 0.15) is 32.8 Å². The van der Waals surface area contributed by atoms with E-state index in [4.69, 9.17) is 14.6 Å². The van der Waals surface area contributed by atoms with Crippen LogP contribution in [0.25, 0.3) is 0 Å². The third-order valence-corrected chi connectivity index (χ3v) is 2.59. The van der Waals surface area contributed by atoms with Crippen molar-refractivity contribution in [2.75, 3.05) is 13.2 Å². The molecule has 1 aromatic carbocycles. The van der Waals surface area contributed by atoms with Crippen molar-refractivity contribution < 1.29 is 24.2 Å². The van der Waals surface area contributed by atoms with Gasteiger partial charge in [-0.05, 0) is 44.9 Å². The smallest absolute Gasteiger partial charge is 0.407 e. The molecule has 1 amide bonds. The molecule has 122 valence electrons. The molecule has 1 aromatic rings. The van der Waals surface area contributed by atoms with Crippen molar-refractivity contribution in [1.82, 2.24) is 5.32 Å². The van der Waals surface area contributed by atoms with Gasteiger partial charge in [-0.15, -0.1) is 0 Å². The number of aryl methyl sites for hydroxylation is 1. The van der Waals surface area contributed by atoms with Crippen molar-refractivity contribution in [3.63, 3.8) is 0 Å². The van der Waals surface area contributed by atoms with E-state index < -0.39 is 17.7 Å². The standard InChI is InChI=1S/C16H23NO5/c1-16(2,3)22-15(20)17-10-11-21-13-7-4-12(5-8-13)6-9-14(18)19/h4-5,7-8H,6,9-11H2,1-3H3,(H,17,20)(H,18,19). The molecule has 0 fully saturated rings. The number of carboxylic acids is 1. The van der Waals surface area contributed by atoms with Crippen LogP contribution in [0.2, 0.25) is 0 Å². The van der Waals surface area contributed by atoms with E-state index in [1.54, 1.807) is 32.9 Å². The van der Waals surface area contributed by atoms with Crippen molar-refractivity contribution in [2.24, 2.45) is 0 Å². The van der Waals surface area contributed by atoms with Crippen LogP contribution in [0.4, 0.5) is 4.79 Å². The Hall–Kier alpha value is -2.24. The molecule has 0 saturated heterocycles. The summed E-state index contributed by atoms with van der Waals surface area (Å²) in [6.07, 6.45) is 0.135. The molecule has 0 aliphatic carbocycles. The molecular weight excluding hydrogens is 286 g/mol. The normalized spacial score (nSPS) is 10.9. The number of amides is 1. The van der Waals surface area contributed by atoms with Crippen molar-refractivity contribution in [3.8, 4) is 5.75 Å². The monoisotopic (exact) mass is 309 g/mol. The number of benzene rings is 1. The second-order valence-corrected chi connectivity index (χ2v) is 5.81. The molecule has 1 rings (SSSR count). The maximum absolute atomic E-state index is 11.4. The quantitative estimate of drug-likeness (QED) is 0.756. The molecule has 0 spiro atoms. The molecule has 0 heterocycles. The molecule has 0 aliphatic rings. The Bertz CT molecular complexity index is 490. The molecule has 6 nitrogen and oxygen atoms in total. The summed E-state index contributed by atoms with van der Waals surface area (Å²) in [5, 5.41) is 11.2. The molecule has 0 aromatic heterocycles. The maximum Gasteiger partial charge on any atom is 0.407 e. The van der Waals surface area contributed by atoms with E-state index in [1.165, 1.54) is 0 Å². The average molecular weight is 309 g/mol. The molecule has 0 bridgehead atoms. The molecule has 22 heavy (non-hydrogen) atoms. The van der Waals surface area contributed by atoms with E-state index in [1.807, 2.05) is 12.1 Å². The van der Waals surface area contributed by atoms with Crippen LogP contribution < -0.4 is 10.1 Å². The first-order valence-corrected chi connectivity index (χ1v) is 7.16. The van der Waals surface area contributed by atoms with Gasteiger partial charge in [-0.3, -0.25) is 4.79 Å². The highest BCUT2D eigenvalue weighted by molar-refractivity contribution is 5.67. The minimum absolute atomic E-state index is 0.111. The summed E-state index contributed by atoms with van der Waals surface area (Å²) < 4.78 is 10.6. The first-order chi connectivity index (χ1) is 10.3. The summed E-state index contributed by atoms with van der Waals surface area (Å²) in [5.74, 6) is -0.140. The van der Waals surface area contributed by atoms with Crippen molar-refractivity contribution in [3.05, 3.63) is 29.8 Å². The largest absolute Gasteiger partial charge is 0.492 e. The highest BCUT2D eigenvalue weighted by atomic mass is 16.6. The summed E-state index contributed by atoms with van der Waals surface area (Å²) in [5.41, 5.74) is 0.429. The van der Waals surface area contributed by atoms with E-state index in [0.717, 1.165) is 5.56 Å². The molecule has 2 N–H and O–H groups in total. The molecule has 0 saturated carbocycles. The first kappa shape index (κ1) is 17.8. The van der Waals surface area contributed by atoms with Crippen LogP contribution >= 0.6 is 0 Å². The molecular formula is C16H23NO5. The molecule has 0 unspecified atom stereocenters. The lowest BCUT2D eigenvalue weighted by molar-refractivity contribution is -0.136. The SMILES string of the molecule is CC(C)(C)OC(=O)NCCOc1ccc(CCC(=O)O)cc1. The van der Waals surface area contributed by atoms with Gasteiger partial charge in [-0.2, -0.15) is 0 Å². The van der Waals surface area contributed by atoms with Crippen molar-refractivity contribution >= 4 is 12.1 Å². The lowest BCUT2D eigenvalue weighted by atomic mass is 10.1. The summed E-state index contributed by atoms with van der Waals surface area (Å²) in [7, 11) is 0. The van der Waals surface area contributed by atoms with Gasteiger partial charge in [0.2, 0.25) is 0 Å². The number of hydrogen-bond donors (Lipinski definition) is 2. The number of carbonyl (C=O) groups excluding carboxylic acids is 1. The van der Waals surface area contributed by atoms with Gasteiger partial charge in [-0.25, -0.2) is 4.79 Å². The predicted molar refractivity (Wildman–Crippen MR) is 82.1 cm³/mol.